The van der Waals surface area contributed by atoms with Crippen molar-refractivity contribution in [3.05, 3.63) is 23.9 Å². The summed E-state index contributed by atoms with van der Waals surface area (Å²) in [6.07, 6.45) is 11.2. The highest BCUT2D eigenvalue weighted by Gasteiger charge is 2.23. The molecule has 0 aromatic carbocycles. The van der Waals surface area contributed by atoms with Gasteiger partial charge in [-0.25, -0.2) is 4.98 Å². The molecule has 5 heteroatoms. The van der Waals surface area contributed by atoms with Crippen LogP contribution in [-0.2, 0) is 0 Å². The molecule has 1 aromatic heterocycles. The summed E-state index contributed by atoms with van der Waals surface area (Å²) in [6.45, 7) is 3.56. The van der Waals surface area contributed by atoms with E-state index in [0.717, 1.165) is 18.3 Å². The Morgan fingerprint density at radius 2 is 2.08 bits per heavy atom. The van der Waals surface area contributed by atoms with E-state index in [9.17, 15) is 4.79 Å². The smallest absolute Gasteiger partial charge is 0.251 e. The lowest BCUT2D eigenvalue weighted by Crippen LogP contribution is -2.44. The van der Waals surface area contributed by atoms with Crippen LogP contribution in [0.3, 0.4) is 0 Å². The first-order chi connectivity index (χ1) is 11.7. The number of carbonyl (C=O) groups is 1. The number of amides is 1. The minimum Gasteiger partial charge on any atom is -0.366 e. The van der Waals surface area contributed by atoms with Gasteiger partial charge in [-0.1, -0.05) is 19.3 Å². The van der Waals surface area contributed by atoms with Gasteiger partial charge in [0.05, 0.1) is 0 Å². The molecule has 2 heterocycles. The van der Waals surface area contributed by atoms with Crippen LogP contribution in [0.15, 0.2) is 18.3 Å². The van der Waals surface area contributed by atoms with Gasteiger partial charge in [0.1, 0.15) is 5.82 Å². The normalized spacial score (nSPS) is 23.0. The Kier molecular flexibility index (Phi) is 6.07. The summed E-state index contributed by atoms with van der Waals surface area (Å²) in [6, 6.07) is 4.02. The van der Waals surface area contributed by atoms with E-state index in [0.29, 0.717) is 11.6 Å². The number of aromatic nitrogens is 1. The molecule has 2 fully saturated rings. The fourth-order valence-corrected chi connectivity index (χ4v) is 4.08. The van der Waals surface area contributed by atoms with Crippen LogP contribution in [0, 0.1) is 5.92 Å². The Morgan fingerprint density at radius 1 is 1.25 bits per heavy atom. The van der Waals surface area contributed by atoms with Crippen molar-refractivity contribution >= 4 is 11.7 Å². The molecule has 1 saturated heterocycles. The van der Waals surface area contributed by atoms with Crippen LogP contribution in [0.4, 0.5) is 5.82 Å². The summed E-state index contributed by atoms with van der Waals surface area (Å²) in [4.78, 5) is 18.8. The summed E-state index contributed by atoms with van der Waals surface area (Å²) in [5, 5.41) is 6.20. The van der Waals surface area contributed by atoms with E-state index in [-0.39, 0.29) is 5.91 Å². The lowest BCUT2D eigenvalue weighted by Gasteiger charge is -2.36. The van der Waals surface area contributed by atoms with E-state index < -0.39 is 0 Å². The molecule has 1 atom stereocenters. The van der Waals surface area contributed by atoms with Crippen molar-refractivity contribution in [3.8, 4) is 0 Å². The summed E-state index contributed by atoms with van der Waals surface area (Å²) >= 11 is 0. The molecular formula is C19H30N4O. The number of nitrogens with zero attached hydrogens (tertiary/aromatic N) is 2. The lowest BCUT2D eigenvalue weighted by atomic mass is 9.88. The number of nitrogens with one attached hydrogen (secondary N) is 2. The Bertz CT molecular complexity index is 542. The van der Waals surface area contributed by atoms with Crippen molar-refractivity contribution in [2.75, 3.05) is 32.0 Å². The van der Waals surface area contributed by atoms with Gasteiger partial charge in [-0.3, -0.25) is 4.79 Å². The molecule has 5 nitrogen and oxygen atoms in total. The highest BCUT2D eigenvalue weighted by atomic mass is 16.1. The highest BCUT2D eigenvalue weighted by molar-refractivity contribution is 5.94. The van der Waals surface area contributed by atoms with Gasteiger partial charge in [-0.2, -0.15) is 0 Å². The third kappa shape index (κ3) is 4.69. The first-order valence-corrected chi connectivity index (χ1v) is 9.41. The average Bonchev–Trinajstić information content (AvgIpc) is 2.62. The van der Waals surface area contributed by atoms with Crippen LogP contribution in [0.1, 0.15) is 55.3 Å². The van der Waals surface area contributed by atoms with E-state index >= 15 is 0 Å². The van der Waals surface area contributed by atoms with Gasteiger partial charge in [-0.15, -0.1) is 0 Å². The van der Waals surface area contributed by atoms with E-state index in [1.165, 1.54) is 58.0 Å². The third-order valence-corrected chi connectivity index (χ3v) is 5.35. The second-order valence-corrected chi connectivity index (χ2v) is 7.26. The van der Waals surface area contributed by atoms with Crippen molar-refractivity contribution in [2.24, 2.45) is 5.92 Å². The van der Waals surface area contributed by atoms with Gasteiger partial charge in [-0.05, 0) is 50.3 Å². The second-order valence-electron chi connectivity index (χ2n) is 7.26. The molecular weight excluding hydrogens is 300 g/mol. The summed E-state index contributed by atoms with van der Waals surface area (Å²) in [5.74, 6) is 1.64. The molecule has 1 saturated carbocycles. The number of pyridine rings is 1. The molecule has 3 rings (SSSR count). The van der Waals surface area contributed by atoms with Crippen molar-refractivity contribution in [2.45, 2.75) is 51.0 Å². The number of hydrogen-bond acceptors (Lipinski definition) is 4. The SMILES string of the molecule is CNC(=O)c1ccnc(NC2CCCN(CC3CCCCC3)C2)c1. The standard InChI is InChI=1S/C19H30N4O/c1-20-19(24)16-9-10-21-18(12-16)22-17-8-5-11-23(14-17)13-15-6-3-2-4-7-15/h9-10,12,15,17H,2-8,11,13-14H2,1H3,(H,20,24)(H,21,22). The molecule has 1 aliphatic carbocycles. The van der Waals surface area contributed by atoms with Crippen LogP contribution in [-0.4, -0.2) is 48.5 Å². The topological polar surface area (TPSA) is 57.3 Å². The van der Waals surface area contributed by atoms with Crippen molar-refractivity contribution in [1.29, 1.82) is 0 Å². The van der Waals surface area contributed by atoms with E-state index in [4.69, 9.17) is 0 Å². The first kappa shape index (κ1) is 17.2. The van der Waals surface area contributed by atoms with Gasteiger partial charge in [0.15, 0.2) is 0 Å². The zero-order valence-electron chi connectivity index (χ0n) is 14.8. The second kappa shape index (κ2) is 8.47. The Hall–Kier alpha value is -1.62. The predicted octanol–water partition coefficient (Wildman–Crippen LogP) is 2.90. The monoisotopic (exact) mass is 330 g/mol. The summed E-state index contributed by atoms with van der Waals surface area (Å²) < 4.78 is 0. The van der Waals surface area contributed by atoms with Gasteiger partial charge >= 0.3 is 0 Å². The van der Waals surface area contributed by atoms with Crippen molar-refractivity contribution in [3.63, 3.8) is 0 Å². The fourth-order valence-electron chi connectivity index (χ4n) is 4.08. The third-order valence-electron chi connectivity index (χ3n) is 5.35. The summed E-state index contributed by atoms with van der Waals surface area (Å²) in [7, 11) is 1.65. The quantitative estimate of drug-likeness (QED) is 0.871. The Balaban J connectivity index is 1.54. The predicted molar refractivity (Wildman–Crippen MR) is 97.3 cm³/mol. The summed E-state index contributed by atoms with van der Waals surface area (Å²) in [5.41, 5.74) is 0.657. The highest BCUT2D eigenvalue weighted by Crippen LogP contribution is 2.26. The zero-order chi connectivity index (χ0) is 16.8. The maximum absolute atomic E-state index is 11.8. The number of likely N-dealkylation sites (tertiary alicyclic amines) is 1. The van der Waals surface area contributed by atoms with Crippen LogP contribution in [0.5, 0.6) is 0 Å². The molecule has 0 bridgehead atoms. The Labute approximate surface area is 145 Å². The van der Waals surface area contributed by atoms with E-state index in [1.807, 2.05) is 6.07 Å². The maximum Gasteiger partial charge on any atom is 0.251 e. The lowest BCUT2D eigenvalue weighted by molar-refractivity contribution is 0.0963. The van der Waals surface area contributed by atoms with Gasteiger partial charge < -0.3 is 15.5 Å². The fraction of sp³-hybridized carbons (Fsp3) is 0.684. The van der Waals surface area contributed by atoms with Gasteiger partial charge in [0.25, 0.3) is 5.91 Å². The van der Waals surface area contributed by atoms with E-state index in [2.05, 4.69) is 20.5 Å². The minimum atomic E-state index is -0.0666. The van der Waals surface area contributed by atoms with Crippen molar-refractivity contribution < 1.29 is 4.79 Å². The Morgan fingerprint density at radius 3 is 2.88 bits per heavy atom. The number of anilines is 1. The molecule has 1 amide bonds. The largest absolute Gasteiger partial charge is 0.366 e. The number of hydrogen-bond donors (Lipinski definition) is 2. The zero-order valence-corrected chi connectivity index (χ0v) is 14.8. The van der Waals surface area contributed by atoms with Crippen LogP contribution in [0.25, 0.3) is 0 Å². The van der Waals surface area contributed by atoms with Crippen molar-refractivity contribution in [1.82, 2.24) is 15.2 Å². The molecule has 1 aliphatic heterocycles. The van der Waals surface area contributed by atoms with Crippen LogP contribution < -0.4 is 10.6 Å². The molecule has 0 spiro atoms. The molecule has 0 radical (unpaired) electrons. The van der Waals surface area contributed by atoms with Crippen LogP contribution in [0.2, 0.25) is 0 Å². The van der Waals surface area contributed by atoms with Gasteiger partial charge in [0.2, 0.25) is 0 Å². The number of rotatable bonds is 5. The molecule has 132 valence electrons. The van der Waals surface area contributed by atoms with Crippen LogP contribution >= 0.6 is 0 Å². The molecule has 1 aromatic rings. The number of piperidine rings is 1. The molecule has 1 unspecified atom stereocenters. The van der Waals surface area contributed by atoms with E-state index in [1.54, 1.807) is 19.3 Å². The number of carbonyl (C=O) groups excluding carboxylic acids is 1. The average molecular weight is 330 g/mol. The molecule has 24 heavy (non-hydrogen) atoms. The molecule has 2 N–H and O–H groups in total. The minimum absolute atomic E-state index is 0.0666. The van der Waals surface area contributed by atoms with Gasteiger partial charge in [0, 0.05) is 37.9 Å². The first-order valence-electron chi connectivity index (χ1n) is 9.41. The maximum atomic E-state index is 11.8. The molecule has 2 aliphatic rings.